The molecule has 1 atom stereocenters. The van der Waals surface area contributed by atoms with Gasteiger partial charge >= 0.3 is 0 Å². The zero-order valence-corrected chi connectivity index (χ0v) is 13.6. The first-order valence-corrected chi connectivity index (χ1v) is 8.45. The Balaban J connectivity index is 1.60. The van der Waals surface area contributed by atoms with Crippen LogP contribution in [0.15, 0.2) is 42.6 Å². The Labute approximate surface area is 141 Å². The third-order valence-electron chi connectivity index (χ3n) is 4.54. The van der Waals surface area contributed by atoms with Crippen LogP contribution in [0.3, 0.4) is 0 Å². The van der Waals surface area contributed by atoms with Gasteiger partial charge in [0.15, 0.2) is 5.65 Å². The summed E-state index contributed by atoms with van der Waals surface area (Å²) in [6, 6.07) is 12.7. The zero-order valence-electron chi connectivity index (χ0n) is 13.6. The molecule has 4 rings (SSSR count). The molecule has 0 aliphatic carbocycles. The normalized spacial score (nSPS) is 17.5. The second kappa shape index (κ2) is 6.59. The Hall–Kier alpha value is -2.44. The van der Waals surface area contributed by atoms with E-state index in [0.717, 1.165) is 41.4 Å². The molecule has 0 radical (unpaired) electrons. The maximum Gasteiger partial charge on any atom is 0.154 e. The summed E-state index contributed by atoms with van der Waals surface area (Å²) in [5, 5.41) is 11.6. The summed E-state index contributed by atoms with van der Waals surface area (Å²) in [6.07, 6.45) is 4.34. The molecule has 0 amide bonds. The fourth-order valence-corrected chi connectivity index (χ4v) is 3.13. The first-order chi connectivity index (χ1) is 11.8. The molecule has 1 aliphatic heterocycles. The molecular weight excluding hydrogens is 300 g/mol. The van der Waals surface area contributed by atoms with Crippen molar-refractivity contribution in [1.82, 2.24) is 19.9 Å². The van der Waals surface area contributed by atoms with Gasteiger partial charge in [-0.05, 0) is 37.1 Å². The number of nitrogens with two attached hydrogens (primary N) is 1. The summed E-state index contributed by atoms with van der Waals surface area (Å²) < 4.78 is 1.89. The largest absolute Gasteiger partial charge is 0.367 e. The van der Waals surface area contributed by atoms with Crippen molar-refractivity contribution in [2.24, 2.45) is 5.73 Å². The summed E-state index contributed by atoms with van der Waals surface area (Å²) in [5.41, 5.74) is 9.70. The van der Waals surface area contributed by atoms with Crippen molar-refractivity contribution >= 4 is 11.5 Å². The van der Waals surface area contributed by atoms with E-state index in [-0.39, 0.29) is 0 Å². The van der Waals surface area contributed by atoms with Crippen LogP contribution in [0.5, 0.6) is 0 Å². The molecule has 2 aromatic heterocycles. The second-order valence-corrected chi connectivity index (χ2v) is 6.21. The van der Waals surface area contributed by atoms with Crippen molar-refractivity contribution in [3.8, 4) is 11.3 Å². The van der Waals surface area contributed by atoms with Crippen LogP contribution in [-0.2, 0) is 6.54 Å². The number of rotatable bonds is 5. The van der Waals surface area contributed by atoms with Crippen molar-refractivity contribution < 1.29 is 0 Å². The standard InChI is InChI=1S/C18H22N6/c19-10-13-3-5-14(6-4-13)16-12-22-18-8-7-17(23-24(16)18)21-11-15-2-1-9-20-15/h3-8,12,15,20H,1-2,9-11,19H2,(H,21,23)/t15-/m0/s1. The van der Waals surface area contributed by atoms with Crippen LogP contribution in [0.1, 0.15) is 18.4 Å². The summed E-state index contributed by atoms with van der Waals surface area (Å²) in [5.74, 6) is 0.869. The minimum absolute atomic E-state index is 0.536. The molecule has 24 heavy (non-hydrogen) atoms. The number of nitrogens with one attached hydrogen (secondary N) is 2. The van der Waals surface area contributed by atoms with Crippen LogP contribution in [0.4, 0.5) is 5.82 Å². The molecule has 3 heterocycles. The number of anilines is 1. The topological polar surface area (TPSA) is 80.3 Å². The molecule has 6 nitrogen and oxygen atoms in total. The van der Waals surface area contributed by atoms with E-state index in [4.69, 9.17) is 10.8 Å². The predicted molar refractivity (Wildman–Crippen MR) is 95.8 cm³/mol. The summed E-state index contributed by atoms with van der Waals surface area (Å²) in [7, 11) is 0. The Morgan fingerprint density at radius 1 is 1.21 bits per heavy atom. The average molecular weight is 322 g/mol. The lowest BCUT2D eigenvalue weighted by Crippen LogP contribution is -2.29. The maximum atomic E-state index is 5.67. The highest BCUT2D eigenvalue weighted by Gasteiger charge is 2.14. The van der Waals surface area contributed by atoms with E-state index >= 15 is 0 Å². The van der Waals surface area contributed by atoms with E-state index in [2.05, 4.69) is 27.8 Å². The molecule has 0 saturated carbocycles. The first-order valence-electron chi connectivity index (χ1n) is 8.45. The first kappa shape index (κ1) is 15.1. The summed E-state index contributed by atoms with van der Waals surface area (Å²) in [4.78, 5) is 4.45. The van der Waals surface area contributed by atoms with Crippen LogP contribution in [0.25, 0.3) is 16.9 Å². The number of hydrogen-bond donors (Lipinski definition) is 3. The second-order valence-electron chi connectivity index (χ2n) is 6.21. The van der Waals surface area contributed by atoms with Crippen LogP contribution in [0, 0.1) is 0 Å². The molecule has 124 valence electrons. The van der Waals surface area contributed by atoms with Crippen molar-refractivity contribution in [2.75, 3.05) is 18.4 Å². The monoisotopic (exact) mass is 322 g/mol. The Morgan fingerprint density at radius 2 is 2.08 bits per heavy atom. The molecule has 1 aliphatic rings. The number of imidazole rings is 1. The lowest BCUT2D eigenvalue weighted by molar-refractivity contribution is 0.631. The molecule has 0 bridgehead atoms. The van der Waals surface area contributed by atoms with Crippen LogP contribution >= 0.6 is 0 Å². The number of hydrogen-bond acceptors (Lipinski definition) is 5. The van der Waals surface area contributed by atoms with Crippen molar-refractivity contribution in [3.63, 3.8) is 0 Å². The van der Waals surface area contributed by atoms with Crippen LogP contribution in [0.2, 0.25) is 0 Å². The molecule has 1 aromatic carbocycles. The van der Waals surface area contributed by atoms with Gasteiger partial charge in [0.25, 0.3) is 0 Å². The van der Waals surface area contributed by atoms with Gasteiger partial charge < -0.3 is 16.4 Å². The van der Waals surface area contributed by atoms with Gasteiger partial charge in [0, 0.05) is 24.7 Å². The van der Waals surface area contributed by atoms with Crippen molar-refractivity contribution in [2.45, 2.75) is 25.4 Å². The zero-order chi connectivity index (χ0) is 16.4. The Morgan fingerprint density at radius 3 is 2.83 bits per heavy atom. The SMILES string of the molecule is NCc1ccc(-c2cnc3ccc(NC[C@@H]4CCCN4)nn23)cc1. The highest BCUT2D eigenvalue weighted by Crippen LogP contribution is 2.21. The van der Waals surface area contributed by atoms with E-state index in [1.807, 2.05) is 35.0 Å². The van der Waals surface area contributed by atoms with Crippen LogP contribution in [-0.4, -0.2) is 33.7 Å². The van der Waals surface area contributed by atoms with Gasteiger partial charge in [-0.15, -0.1) is 5.10 Å². The molecular formula is C18H22N6. The third-order valence-corrected chi connectivity index (χ3v) is 4.54. The van der Waals surface area contributed by atoms with Crippen LogP contribution < -0.4 is 16.4 Å². The quantitative estimate of drug-likeness (QED) is 0.670. The number of benzene rings is 1. The lowest BCUT2D eigenvalue weighted by Gasteiger charge is -2.12. The minimum atomic E-state index is 0.536. The molecule has 0 unspecified atom stereocenters. The Kier molecular flexibility index (Phi) is 4.15. The van der Waals surface area contributed by atoms with E-state index in [1.165, 1.54) is 12.8 Å². The number of nitrogens with zero attached hydrogens (tertiary/aromatic N) is 3. The van der Waals surface area contributed by atoms with E-state index in [9.17, 15) is 0 Å². The average Bonchev–Trinajstić information content (AvgIpc) is 3.29. The molecule has 1 fully saturated rings. The number of fused-ring (bicyclic) bond motifs is 1. The minimum Gasteiger partial charge on any atom is -0.367 e. The third kappa shape index (κ3) is 2.98. The van der Waals surface area contributed by atoms with Gasteiger partial charge in [-0.2, -0.15) is 0 Å². The summed E-state index contributed by atoms with van der Waals surface area (Å²) >= 11 is 0. The van der Waals surface area contributed by atoms with Crippen molar-refractivity contribution in [3.05, 3.63) is 48.2 Å². The Bertz CT molecular complexity index is 817. The van der Waals surface area contributed by atoms with E-state index < -0.39 is 0 Å². The van der Waals surface area contributed by atoms with Gasteiger partial charge in [0.05, 0.1) is 11.9 Å². The van der Waals surface area contributed by atoms with Gasteiger partial charge in [-0.3, -0.25) is 0 Å². The molecule has 4 N–H and O–H groups in total. The number of aromatic nitrogens is 3. The molecule has 3 aromatic rings. The summed E-state index contributed by atoms with van der Waals surface area (Å²) in [6.45, 7) is 2.56. The maximum absolute atomic E-state index is 5.67. The highest BCUT2D eigenvalue weighted by molar-refractivity contribution is 5.63. The molecule has 0 spiro atoms. The van der Waals surface area contributed by atoms with E-state index in [1.54, 1.807) is 0 Å². The molecule has 1 saturated heterocycles. The van der Waals surface area contributed by atoms with E-state index in [0.29, 0.717) is 12.6 Å². The smallest absolute Gasteiger partial charge is 0.154 e. The molecule has 6 heteroatoms. The van der Waals surface area contributed by atoms with Gasteiger partial charge in [0.1, 0.15) is 5.82 Å². The lowest BCUT2D eigenvalue weighted by atomic mass is 10.1. The van der Waals surface area contributed by atoms with Crippen molar-refractivity contribution in [1.29, 1.82) is 0 Å². The van der Waals surface area contributed by atoms with Gasteiger partial charge in [0.2, 0.25) is 0 Å². The highest BCUT2D eigenvalue weighted by atomic mass is 15.3. The van der Waals surface area contributed by atoms with Gasteiger partial charge in [-0.25, -0.2) is 9.50 Å². The fourth-order valence-electron chi connectivity index (χ4n) is 3.13. The predicted octanol–water partition coefficient (Wildman–Crippen LogP) is 2.02. The fraction of sp³-hybridized carbons (Fsp3) is 0.333. The van der Waals surface area contributed by atoms with Gasteiger partial charge in [-0.1, -0.05) is 24.3 Å².